The zero-order valence-electron chi connectivity index (χ0n) is 11.0. The SMILES string of the molecule is NC(=NO)C1CN(CCOc2ccc(Br)cc2)CCO1. The first kappa shape index (κ1) is 15.1. The fraction of sp³-hybridized carbons (Fsp3) is 0.462. The minimum atomic E-state index is -0.346. The maximum Gasteiger partial charge on any atom is 0.169 e. The predicted molar refractivity (Wildman–Crippen MR) is 79.2 cm³/mol. The number of rotatable bonds is 5. The van der Waals surface area contributed by atoms with Gasteiger partial charge >= 0.3 is 0 Å². The second-order valence-corrected chi connectivity index (χ2v) is 5.40. The molecule has 0 radical (unpaired) electrons. The molecule has 0 amide bonds. The monoisotopic (exact) mass is 343 g/mol. The summed E-state index contributed by atoms with van der Waals surface area (Å²) in [5, 5.41) is 11.6. The van der Waals surface area contributed by atoms with Crippen LogP contribution in [0.1, 0.15) is 0 Å². The van der Waals surface area contributed by atoms with E-state index in [9.17, 15) is 0 Å². The topological polar surface area (TPSA) is 80.3 Å². The van der Waals surface area contributed by atoms with Crippen LogP contribution in [0.3, 0.4) is 0 Å². The van der Waals surface area contributed by atoms with Crippen molar-refractivity contribution in [3.63, 3.8) is 0 Å². The molecule has 0 saturated carbocycles. The third-order valence-electron chi connectivity index (χ3n) is 3.09. The van der Waals surface area contributed by atoms with Crippen molar-refractivity contribution in [3.8, 4) is 5.75 Å². The molecule has 3 N–H and O–H groups in total. The molecule has 20 heavy (non-hydrogen) atoms. The molecule has 0 spiro atoms. The molecule has 1 atom stereocenters. The molecule has 0 bridgehead atoms. The maximum atomic E-state index is 8.66. The fourth-order valence-corrected chi connectivity index (χ4v) is 2.24. The largest absolute Gasteiger partial charge is 0.492 e. The highest BCUT2D eigenvalue weighted by Gasteiger charge is 2.23. The highest BCUT2D eigenvalue weighted by molar-refractivity contribution is 9.10. The average Bonchev–Trinajstić information content (AvgIpc) is 2.49. The lowest BCUT2D eigenvalue weighted by molar-refractivity contribution is 0.000649. The molecule has 1 aliphatic heterocycles. The van der Waals surface area contributed by atoms with E-state index in [1.165, 1.54) is 0 Å². The Bertz CT molecular complexity index is 453. The highest BCUT2D eigenvalue weighted by atomic mass is 79.9. The predicted octanol–water partition coefficient (Wildman–Crippen LogP) is 1.28. The van der Waals surface area contributed by atoms with Gasteiger partial charge in [-0.05, 0) is 24.3 Å². The van der Waals surface area contributed by atoms with Crippen LogP contribution >= 0.6 is 15.9 Å². The van der Waals surface area contributed by atoms with E-state index in [-0.39, 0.29) is 11.9 Å². The minimum Gasteiger partial charge on any atom is -0.492 e. The van der Waals surface area contributed by atoms with Crippen molar-refractivity contribution in [2.24, 2.45) is 10.9 Å². The van der Waals surface area contributed by atoms with Gasteiger partial charge in [0, 0.05) is 24.1 Å². The number of nitrogens with zero attached hydrogens (tertiary/aromatic N) is 2. The fourth-order valence-electron chi connectivity index (χ4n) is 1.97. The standard InChI is InChI=1S/C13H18BrN3O3/c14-10-1-3-11(4-2-10)19-7-5-17-6-8-20-12(9-17)13(15)16-18/h1-4,12,18H,5-9H2,(H2,15,16). The van der Waals surface area contributed by atoms with Gasteiger partial charge in [0.1, 0.15) is 18.5 Å². The molecule has 1 unspecified atom stereocenters. The summed E-state index contributed by atoms with van der Waals surface area (Å²) in [6.07, 6.45) is -0.346. The van der Waals surface area contributed by atoms with Gasteiger partial charge in [-0.2, -0.15) is 0 Å². The van der Waals surface area contributed by atoms with Crippen LogP contribution in [-0.4, -0.2) is 54.9 Å². The van der Waals surface area contributed by atoms with Crippen molar-refractivity contribution in [2.75, 3.05) is 32.8 Å². The molecule has 1 saturated heterocycles. The second-order valence-electron chi connectivity index (χ2n) is 4.49. The van der Waals surface area contributed by atoms with Gasteiger partial charge in [-0.3, -0.25) is 4.90 Å². The number of oxime groups is 1. The first-order valence-corrected chi connectivity index (χ1v) is 7.18. The van der Waals surface area contributed by atoms with E-state index in [0.717, 1.165) is 23.3 Å². The Morgan fingerprint density at radius 2 is 2.25 bits per heavy atom. The summed E-state index contributed by atoms with van der Waals surface area (Å²) in [5.74, 6) is 0.956. The number of ether oxygens (including phenoxy) is 2. The molecule has 1 heterocycles. The zero-order valence-corrected chi connectivity index (χ0v) is 12.6. The summed E-state index contributed by atoms with van der Waals surface area (Å²) in [5.41, 5.74) is 5.56. The van der Waals surface area contributed by atoms with Gasteiger partial charge in [-0.25, -0.2) is 0 Å². The van der Waals surface area contributed by atoms with E-state index in [0.29, 0.717) is 19.8 Å². The third kappa shape index (κ3) is 4.36. The Labute approximate surface area is 126 Å². The lowest BCUT2D eigenvalue weighted by atomic mass is 10.2. The molecule has 0 aromatic heterocycles. The van der Waals surface area contributed by atoms with Gasteiger partial charge in [0.2, 0.25) is 0 Å². The van der Waals surface area contributed by atoms with Gasteiger partial charge < -0.3 is 20.4 Å². The molecule has 1 aromatic carbocycles. The van der Waals surface area contributed by atoms with Crippen molar-refractivity contribution in [1.29, 1.82) is 0 Å². The Balaban J connectivity index is 1.75. The van der Waals surface area contributed by atoms with Crippen LogP contribution in [-0.2, 0) is 4.74 Å². The molecule has 7 heteroatoms. The van der Waals surface area contributed by atoms with Crippen LogP contribution in [0, 0.1) is 0 Å². The molecule has 6 nitrogen and oxygen atoms in total. The average molecular weight is 344 g/mol. The van der Waals surface area contributed by atoms with Gasteiger partial charge in [-0.15, -0.1) is 0 Å². The smallest absolute Gasteiger partial charge is 0.169 e. The molecular weight excluding hydrogens is 326 g/mol. The van der Waals surface area contributed by atoms with Gasteiger partial charge in [0.25, 0.3) is 0 Å². The molecule has 1 aromatic rings. The van der Waals surface area contributed by atoms with Gasteiger partial charge in [-0.1, -0.05) is 21.1 Å². The second kappa shape index (κ2) is 7.47. The Hall–Kier alpha value is -1.31. The number of benzene rings is 1. The summed E-state index contributed by atoms with van der Waals surface area (Å²) < 4.78 is 12.1. The van der Waals surface area contributed by atoms with Gasteiger partial charge in [0.15, 0.2) is 5.84 Å². The van der Waals surface area contributed by atoms with Crippen LogP contribution in [0.4, 0.5) is 0 Å². The molecule has 1 fully saturated rings. The Morgan fingerprint density at radius 3 is 2.95 bits per heavy atom. The molecule has 1 aliphatic rings. The van der Waals surface area contributed by atoms with E-state index in [1.807, 2.05) is 24.3 Å². The van der Waals surface area contributed by atoms with E-state index in [2.05, 4.69) is 26.0 Å². The summed E-state index contributed by atoms with van der Waals surface area (Å²) in [4.78, 5) is 2.17. The number of hydrogen-bond donors (Lipinski definition) is 2. The normalized spacial score (nSPS) is 20.9. The van der Waals surface area contributed by atoms with E-state index >= 15 is 0 Å². The van der Waals surface area contributed by atoms with Crippen molar-refractivity contribution >= 4 is 21.8 Å². The van der Waals surface area contributed by atoms with E-state index in [4.69, 9.17) is 20.4 Å². The number of halogens is 1. The van der Waals surface area contributed by atoms with Crippen molar-refractivity contribution in [3.05, 3.63) is 28.7 Å². The summed E-state index contributed by atoms with van der Waals surface area (Å²) in [6.45, 7) is 3.36. The van der Waals surface area contributed by atoms with Crippen LogP contribution in [0.15, 0.2) is 33.9 Å². The summed E-state index contributed by atoms with van der Waals surface area (Å²) in [7, 11) is 0. The van der Waals surface area contributed by atoms with Crippen LogP contribution < -0.4 is 10.5 Å². The van der Waals surface area contributed by atoms with Crippen molar-refractivity contribution < 1.29 is 14.7 Å². The number of nitrogens with two attached hydrogens (primary N) is 1. The first-order chi connectivity index (χ1) is 9.69. The lowest BCUT2D eigenvalue weighted by Gasteiger charge is -2.31. The Morgan fingerprint density at radius 1 is 1.50 bits per heavy atom. The minimum absolute atomic E-state index is 0.114. The number of hydrogen-bond acceptors (Lipinski definition) is 5. The Kier molecular flexibility index (Phi) is 5.63. The lowest BCUT2D eigenvalue weighted by Crippen LogP contribution is -2.49. The zero-order chi connectivity index (χ0) is 14.4. The number of amidine groups is 1. The van der Waals surface area contributed by atoms with E-state index < -0.39 is 0 Å². The van der Waals surface area contributed by atoms with Crippen LogP contribution in [0.2, 0.25) is 0 Å². The maximum absolute atomic E-state index is 8.66. The van der Waals surface area contributed by atoms with Crippen molar-refractivity contribution in [2.45, 2.75) is 6.10 Å². The first-order valence-electron chi connectivity index (χ1n) is 6.39. The summed E-state index contributed by atoms with van der Waals surface area (Å²) >= 11 is 3.38. The van der Waals surface area contributed by atoms with Crippen LogP contribution in [0.5, 0.6) is 5.75 Å². The van der Waals surface area contributed by atoms with Gasteiger partial charge in [0.05, 0.1) is 6.61 Å². The van der Waals surface area contributed by atoms with Crippen molar-refractivity contribution in [1.82, 2.24) is 4.90 Å². The highest BCUT2D eigenvalue weighted by Crippen LogP contribution is 2.16. The summed E-state index contributed by atoms with van der Waals surface area (Å²) in [6, 6.07) is 7.72. The molecule has 110 valence electrons. The number of morpholine rings is 1. The van der Waals surface area contributed by atoms with E-state index in [1.54, 1.807) is 0 Å². The molecule has 0 aliphatic carbocycles. The third-order valence-corrected chi connectivity index (χ3v) is 3.61. The quantitative estimate of drug-likeness (QED) is 0.364. The molecular formula is C13H18BrN3O3. The van der Waals surface area contributed by atoms with Crippen LogP contribution in [0.25, 0.3) is 0 Å². The molecule has 2 rings (SSSR count).